The molecule has 1 aromatic rings. The maximum absolute atomic E-state index is 12.8. The predicted molar refractivity (Wildman–Crippen MR) is 110 cm³/mol. The maximum Gasteiger partial charge on any atom is 0.224 e. The number of hydrogen-bond donors (Lipinski definition) is 1. The number of carbonyl (C=O) groups excluding carboxylic acids is 1. The summed E-state index contributed by atoms with van der Waals surface area (Å²) in [5.41, 5.74) is 1.89. The number of hydrogen-bond acceptors (Lipinski definition) is 5. The van der Waals surface area contributed by atoms with Crippen LogP contribution >= 0.6 is 0 Å². The zero-order valence-electron chi connectivity index (χ0n) is 16.6. The van der Waals surface area contributed by atoms with Gasteiger partial charge in [0.1, 0.15) is 6.61 Å². The summed E-state index contributed by atoms with van der Waals surface area (Å²) in [4.78, 5) is 16.8. The number of fused-ring (bicyclic) bond motifs is 1. The van der Waals surface area contributed by atoms with Crippen LogP contribution in [0.4, 0.5) is 5.69 Å². The molecule has 1 heterocycles. The Morgan fingerprint density at radius 2 is 2.11 bits per heavy atom. The second-order valence-electron chi connectivity index (χ2n) is 7.27. The average molecular weight is 386 g/mol. The third kappa shape index (κ3) is 4.02. The van der Waals surface area contributed by atoms with Gasteiger partial charge in [0.05, 0.1) is 25.8 Å². The zero-order valence-corrected chi connectivity index (χ0v) is 16.6. The lowest BCUT2D eigenvalue weighted by atomic mass is 10.0. The summed E-state index contributed by atoms with van der Waals surface area (Å²) < 4.78 is 11.5. The summed E-state index contributed by atoms with van der Waals surface area (Å²) in [6.07, 6.45) is 6.15. The Morgan fingerprint density at radius 1 is 1.29 bits per heavy atom. The first-order valence-corrected chi connectivity index (χ1v) is 9.87. The van der Waals surface area contributed by atoms with Crippen molar-refractivity contribution in [3.8, 4) is 11.5 Å². The average Bonchev–Trinajstić information content (AvgIpc) is 3.11. The van der Waals surface area contributed by atoms with E-state index in [4.69, 9.17) is 9.47 Å². The van der Waals surface area contributed by atoms with Crippen LogP contribution in [0.2, 0.25) is 0 Å². The van der Waals surface area contributed by atoms with Crippen LogP contribution < -0.4 is 14.4 Å². The highest BCUT2D eigenvalue weighted by Crippen LogP contribution is 2.42. The van der Waals surface area contributed by atoms with Crippen molar-refractivity contribution in [3.05, 3.63) is 43.0 Å². The minimum absolute atomic E-state index is 0.0122. The summed E-state index contributed by atoms with van der Waals surface area (Å²) in [6, 6.07) is 3.92. The summed E-state index contributed by atoms with van der Waals surface area (Å²) in [5.74, 6) is 1.32. The second kappa shape index (κ2) is 9.15. The minimum atomic E-state index is -0.383. The summed E-state index contributed by atoms with van der Waals surface area (Å²) in [5, 5.41) is 10.5. The Balaban J connectivity index is 2.11. The molecule has 0 bridgehead atoms. The van der Waals surface area contributed by atoms with Gasteiger partial charge in [-0.2, -0.15) is 0 Å². The Morgan fingerprint density at radius 3 is 2.75 bits per heavy atom. The van der Waals surface area contributed by atoms with Gasteiger partial charge in [-0.25, -0.2) is 0 Å². The fourth-order valence-electron chi connectivity index (χ4n) is 4.20. The van der Waals surface area contributed by atoms with Crippen LogP contribution in [0.15, 0.2) is 37.4 Å². The highest BCUT2D eigenvalue weighted by Gasteiger charge is 2.35. The van der Waals surface area contributed by atoms with Crippen LogP contribution in [-0.4, -0.2) is 54.9 Å². The van der Waals surface area contributed by atoms with Gasteiger partial charge in [0.2, 0.25) is 5.91 Å². The van der Waals surface area contributed by atoms with Gasteiger partial charge in [0.15, 0.2) is 11.5 Å². The summed E-state index contributed by atoms with van der Waals surface area (Å²) in [6.45, 7) is 9.31. The molecule has 152 valence electrons. The standard InChI is InChI=1S/C22H30N2O4/c1-4-12-23-15-16-17(9-10-20(27-3)22(16)28-14-5-2)24(13-11-21(23)26)18-7-6-8-19(18)25/h4-5,9-10,18-19,25H,1-2,6-8,11-15H2,3H3/t18-,19-/m1/s1. The van der Waals surface area contributed by atoms with Crippen LogP contribution in [-0.2, 0) is 11.3 Å². The van der Waals surface area contributed by atoms with Crippen LogP contribution in [0.1, 0.15) is 31.2 Å². The molecule has 3 rings (SSSR count). The van der Waals surface area contributed by atoms with Gasteiger partial charge in [-0.3, -0.25) is 4.79 Å². The molecule has 0 radical (unpaired) electrons. The largest absolute Gasteiger partial charge is 0.493 e. The van der Waals surface area contributed by atoms with Gasteiger partial charge in [0.25, 0.3) is 0 Å². The van der Waals surface area contributed by atoms with Crippen molar-refractivity contribution in [1.29, 1.82) is 0 Å². The zero-order chi connectivity index (χ0) is 20.1. The first kappa shape index (κ1) is 20.3. The third-order valence-electron chi connectivity index (χ3n) is 5.54. The highest BCUT2D eigenvalue weighted by atomic mass is 16.5. The molecule has 0 spiro atoms. The smallest absolute Gasteiger partial charge is 0.224 e. The van der Waals surface area contributed by atoms with E-state index >= 15 is 0 Å². The number of benzene rings is 1. The topological polar surface area (TPSA) is 62.2 Å². The first-order valence-electron chi connectivity index (χ1n) is 9.87. The predicted octanol–water partition coefficient (Wildman–Crippen LogP) is 2.90. The van der Waals surface area contributed by atoms with Crippen LogP contribution in [0.25, 0.3) is 0 Å². The van der Waals surface area contributed by atoms with E-state index in [0.29, 0.717) is 44.2 Å². The summed E-state index contributed by atoms with van der Waals surface area (Å²) in [7, 11) is 1.61. The monoisotopic (exact) mass is 386 g/mol. The van der Waals surface area contributed by atoms with Gasteiger partial charge >= 0.3 is 0 Å². The number of aliphatic hydroxyl groups is 1. The Bertz CT molecular complexity index is 733. The van der Waals surface area contributed by atoms with Gasteiger partial charge < -0.3 is 24.4 Å². The number of anilines is 1. The van der Waals surface area contributed by atoms with Gasteiger partial charge in [-0.05, 0) is 31.4 Å². The number of aliphatic hydroxyl groups excluding tert-OH is 1. The van der Waals surface area contributed by atoms with E-state index in [1.54, 1.807) is 24.2 Å². The van der Waals surface area contributed by atoms with Crippen molar-refractivity contribution in [3.63, 3.8) is 0 Å². The Labute approximate surface area is 167 Å². The third-order valence-corrected chi connectivity index (χ3v) is 5.54. The van der Waals surface area contributed by atoms with Crippen molar-refractivity contribution in [2.45, 2.75) is 44.4 Å². The SMILES string of the molecule is C=CCOc1c(OC)ccc2c1CN(CC=C)C(=O)CCN2[C@@H]1CCC[C@H]1O. The van der Waals surface area contributed by atoms with Crippen molar-refractivity contribution in [2.24, 2.45) is 0 Å². The molecule has 1 saturated carbocycles. The molecule has 2 aliphatic rings. The molecule has 1 N–H and O–H groups in total. The number of carbonyl (C=O) groups is 1. The van der Waals surface area contributed by atoms with E-state index in [2.05, 4.69) is 18.1 Å². The van der Waals surface area contributed by atoms with E-state index in [9.17, 15) is 9.90 Å². The molecule has 28 heavy (non-hydrogen) atoms. The molecule has 2 atom stereocenters. The minimum Gasteiger partial charge on any atom is -0.493 e. The lowest BCUT2D eigenvalue weighted by Gasteiger charge is -2.38. The van der Waals surface area contributed by atoms with Crippen molar-refractivity contribution in [2.75, 3.05) is 31.7 Å². The summed E-state index contributed by atoms with van der Waals surface area (Å²) >= 11 is 0. The van der Waals surface area contributed by atoms with E-state index in [-0.39, 0.29) is 18.1 Å². The van der Waals surface area contributed by atoms with Gasteiger partial charge in [-0.15, -0.1) is 6.58 Å². The number of nitrogens with zero attached hydrogens (tertiary/aromatic N) is 2. The van der Waals surface area contributed by atoms with Crippen LogP contribution in [0.3, 0.4) is 0 Å². The number of rotatable bonds is 7. The van der Waals surface area contributed by atoms with Crippen LogP contribution in [0.5, 0.6) is 11.5 Å². The first-order chi connectivity index (χ1) is 13.6. The van der Waals surface area contributed by atoms with Crippen molar-refractivity contribution >= 4 is 11.6 Å². The van der Waals surface area contributed by atoms with Gasteiger partial charge in [0, 0.05) is 30.8 Å². The van der Waals surface area contributed by atoms with Crippen LogP contribution in [0, 0.1) is 0 Å². The molecule has 0 aromatic heterocycles. The number of ether oxygens (including phenoxy) is 2. The quantitative estimate of drug-likeness (QED) is 0.730. The van der Waals surface area contributed by atoms with Crippen molar-refractivity contribution < 1.29 is 19.4 Å². The lowest BCUT2D eigenvalue weighted by Crippen LogP contribution is -2.45. The molecule has 1 aliphatic carbocycles. The normalized spacial score (nSPS) is 22.3. The molecule has 6 heteroatoms. The van der Waals surface area contributed by atoms with E-state index < -0.39 is 0 Å². The molecular formula is C22H30N2O4. The Hall–Kier alpha value is -2.47. The van der Waals surface area contributed by atoms with E-state index in [0.717, 1.165) is 30.5 Å². The highest BCUT2D eigenvalue weighted by molar-refractivity contribution is 5.79. The molecule has 6 nitrogen and oxygen atoms in total. The molecule has 0 saturated heterocycles. The number of amides is 1. The van der Waals surface area contributed by atoms with Gasteiger partial charge in [-0.1, -0.05) is 18.7 Å². The lowest BCUT2D eigenvalue weighted by molar-refractivity contribution is -0.131. The molecule has 0 unspecified atom stereocenters. The fraction of sp³-hybridized carbons (Fsp3) is 0.500. The van der Waals surface area contributed by atoms with Crippen molar-refractivity contribution in [1.82, 2.24) is 4.90 Å². The molecular weight excluding hydrogens is 356 g/mol. The second-order valence-corrected chi connectivity index (χ2v) is 7.27. The van der Waals surface area contributed by atoms with E-state index in [1.165, 1.54) is 0 Å². The Kier molecular flexibility index (Phi) is 6.62. The fourth-order valence-corrected chi connectivity index (χ4v) is 4.20. The van der Waals surface area contributed by atoms with E-state index in [1.807, 2.05) is 12.1 Å². The number of methoxy groups -OCH3 is 1. The maximum atomic E-state index is 12.8. The molecule has 1 amide bonds. The molecule has 1 aromatic carbocycles. The molecule has 1 aliphatic heterocycles. The molecule has 1 fully saturated rings.